The molecule has 3 aromatic carbocycles. The second-order valence-corrected chi connectivity index (χ2v) is 9.79. The molecule has 2 N–H and O–H groups in total. The smallest absolute Gasteiger partial charge is 0.236 e. The Morgan fingerprint density at radius 3 is 2.58 bits per heavy atom. The largest absolute Gasteiger partial charge is 0.467 e. The van der Waals surface area contributed by atoms with Crippen LogP contribution in [0, 0.1) is 11.7 Å². The lowest BCUT2D eigenvalue weighted by Crippen LogP contribution is -2.72. The average molecular weight is 547 g/mol. The van der Waals surface area contributed by atoms with Crippen molar-refractivity contribution in [3.8, 4) is 5.75 Å². The molecule has 9 heteroatoms. The highest BCUT2D eigenvalue weighted by molar-refractivity contribution is 9.10. The first kappa shape index (κ1) is 22.1. The van der Waals surface area contributed by atoms with Gasteiger partial charge in [0.05, 0.1) is 6.04 Å². The number of rotatable bonds is 3. The zero-order chi connectivity index (χ0) is 23.3. The van der Waals surface area contributed by atoms with Crippen LogP contribution >= 0.6 is 39.7 Å². The van der Waals surface area contributed by atoms with Crippen molar-refractivity contribution in [2.75, 3.05) is 10.2 Å². The molecule has 3 atom stereocenters. The van der Waals surface area contributed by atoms with Crippen LogP contribution in [-0.4, -0.2) is 16.7 Å². The fraction of sp³-hybridized carbons (Fsp3) is 0.167. The summed E-state index contributed by atoms with van der Waals surface area (Å²) < 4.78 is 21.0. The van der Waals surface area contributed by atoms with Crippen LogP contribution in [0.1, 0.15) is 18.5 Å². The molecular weight excluding hydrogens is 529 g/mol. The molecule has 1 saturated heterocycles. The van der Waals surface area contributed by atoms with Crippen molar-refractivity contribution in [1.29, 1.82) is 0 Å². The monoisotopic (exact) mass is 545 g/mol. The predicted molar refractivity (Wildman–Crippen MR) is 134 cm³/mol. The summed E-state index contributed by atoms with van der Waals surface area (Å²) in [5.74, 6) is -0.679. The number of anilines is 2. The van der Waals surface area contributed by atoms with E-state index in [4.69, 9.17) is 28.6 Å². The number of nitrogens with zero attached hydrogens (tertiary/aromatic N) is 1. The molecule has 2 heterocycles. The summed E-state index contributed by atoms with van der Waals surface area (Å²) in [5, 5.41) is 7.26. The van der Waals surface area contributed by atoms with Crippen molar-refractivity contribution < 1.29 is 13.9 Å². The van der Waals surface area contributed by atoms with Gasteiger partial charge in [-0.05, 0) is 85.9 Å². The molecule has 0 aromatic heterocycles. The van der Waals surface area contributed by atoms with E-state index in [1.165, 1.54) is 12.1 Å². The number of nitrogens with one attached hydrogen (secondary N) is 2. The van der Waals surface area contributed by atoms with Crippen LogP contribution in [0.2, 0.25) is 5.02 Å². The summed E-state index contributed by atoms with van der Waals surface area (Å²) in [6.07, 6.45) is 0. The molecule has 33 heavy (non-hydrogen) atoms. The minimum Gasteiger partial charge on any atom is -0.467 e. The summed E-state index contributed by atoms with van der Waals surface area (Å²) in [4.78, 5) is 15.4. The third kappa shape index (κ3) is 3.86. The van der Waals surface area contributed by atoms with Crippen molar-refractivity contribution in [3.63, 3.8) is 0 Å². The first-order valence-electron chi connectivity index (χ1n) is 10.2. The number of benzene rings is 3. The fourth-order valence-electron chi connectivity index (χ4n) is 4.49. The molecule has 2 aliphatic rings. The standard InChI is InChI=1S/C24H18BrClFN3O2S/c1-24-20(22(31)28-16-7-3-14(26)4-8-16)21(18-12-13(25)2-11-19(18)32-24)29-23(33)30(24)17-9-5-15(27)6-10-17/h2-12,20-21H,1H3,(H,28,31)(H,29,33)/t20-,21-,24-/m1/s1. The second kappa shape index (κ2) is 8.27. The Morgan fingerprint density at radius 1 is 1.18 bits per heavy atom. The Kier molecular flexibility index (Phi) is 5.55. The summed E-state index contributed by atoms with van der Waals surface area (Å²) in [7, 11) is 0. The lowest BCUT2D eigenvalue weighted by atomic mass is 9.78. The van der Waals surface area contributed by atoms with E-state index in [1.54, 1.807) is 41.3 Å². The number of carbonyl (C=O) groups excluding carboxylic acids is 1. The lowest BCUT2D eigenvalue weighted by Gasteiger charge is -2.56. The minimum absolute atomic E-state index is 0.252. The Hall–Kier alpha value is -2.68. The van der Waals surface area contributed by atoms with Gasteiger partial charge in [0.25, 0.3) is 0 Å². The molecule has 3 aromatic rings. The van der Waals surface area contributed by atoms with Crippen LogP contribution in [0.5, 0.6) is 5.75 Å². The van der Waals surface area contributed by atoms with E-state index in [0.717, 1.165) is 10.0 Å². The molecule has 168 valence electrons. The number of halogens is 3. The number of fused-ring (bicyclic) bond motifs is 4. The first-order valence-corrected chi connectivity index (χ1v) is 11.8. The van der Waals surface area contributed by atoms with Crippen molar-refractivity contribution in [3.05, 3.63) is 87.6 Å². The van der Waals surface area contributed by atoms with Gasteiger partial charge in [0.1, 0.15) is 17.5 Å². The molecule has 0 radical (unpaired) electrons. The van der Waals surface area contributed by atoms with Gasteiger partial charge in [-0.3, -0.25) is 9.69 Å². The normalized spacial score (nSPS) is 23.3. The number of thiocarbonyl (C=S) groups is 1. The molecule has 0 saturated carbocycles. The molecule has 0 spiro atoms. The molecular formula is C24H18BrClFN3O2S. The van der Waals surface area contributed by atoms with Crippen LogP contribution in [-0.2, 0) is 4.79 Å². The third-order valence-electron chi connectivity index (χ3n) is 5.94. The van der Waals surface area contributed by atoms with Crippen LogP contribution in [0.25, 0.3) is 0 Å². The van der Waals surface area contributed by atoms with Gasteiger partial charge < -0.3 is 15.4 Å². The number of carbonyl (C=O) groups is 1. The highest BCUT2D eigenvalue weighted by Crippen LogP contribution is 2.50. The van der Waals surface area contributed by atoms with E-state index in [-0.39, 0.29) is 11.7 Å². The second-order valence-electron chi connectivity index (χ2n) is 8.05. The van der Waals surface area contributed by atoms with E-state index in [1.807, 2.05) is 25.1 Å². The minimum atomic E-state index is -1.18. The van der Waals surface area contributed by atoms with Crippen LogP contribution in [0.15, 0.2) is 71.2 Å². The van der Waals surface area contributed by atoms with E-state index in [2.05, 4.69) is 26.6 Å². The molecule has 2 aliphatic heterocycles. The molecule has 5 rings (SSSR count). The Morgan fingerprint density at radius 2 is 1.88 bits per heavy atom. The van der Waals surface area contributed by atoms with Gasteiger partial charge in [-0.15, -0.1) is 0 Å². The molecule has 0 aliphatic carbocycles. The topological polar surface area (TPSA) is 53.6 Å². The molecule has 1 amide bonds. The number of amides is 1. The van der Waals surface area contributed by atoms with Crippen LogP contribution in [0.4, 0.5) is 15.8 Å². The first-order chi connectivity index (χ1) is 15.8. The van der Waals surface area contributed by atoms with Crippen LogP contribution in [0.3, 0.4) is 0 Å². The van der Waals surface area contributed by atoms with Gasteiger partial charge in [-0.25, -0.2) is 4.39 Å². The van der Waals surface area contributed by atoms with Crippen LogP contribution < -0.4 is 20.3 Å². The van der Waals surface area contributed by atoms with Crippen molar-refractivity contribution in [1.82, 2.24) is 5.32 Å². The number of ether oxygens (including phenoxy) is 1. The molecule has 1 fully saturated rings. The summed E-state index contributed by atoms with van der Waals surface area (Å²) >= 11 is 15.2. The Labute approximate surface area is 209 Å². The highest BCUT2D eigenvalue weighted by Gasteiger charge is 2.59. The molecule has 5 nitrogen and oxygen atoms in total. The van der Waals surface area contributed by atoms with E-state index in [9.17, 15) is 9.18 Å². The number of hydrogen-bond donors (Lipinski definition) is 2. The van der Waals surface area contributed by atoms with Crippen molar-refractivity contribution in [2.24, 2.45) is 5.92 Å². The van der Waals surface area contributed by atoms with Gasteiger partial charge in [0, 0.05) is 26.4 Å². The Bertz CT molecular complexity index is 1260. The third-order valence-corrected chi connectivity index (χ3v) is 6.98. The molecule has 2 bridgehead atoms. The summed E-state index contributed by atoms with van der Waals surface area (Å²) in [5.41, 5.74) is 0.864. The van der Waals surface area contributed by atoms with Gasteiger partial charge in [-0.1, -0.05) is 27.5 Å². The van der Waals surface area contributed by atoms with Gasteiger partial charge in [-0.2, -0.15) is 0 Å². The SMILES string of the molecule is C[C@]12Oc3ccc(Br)cc3[C@@H](NC(=S)N1c1ccc(F)cc1)[C@@H]2C(=O)Nc1ccc(Cl)cc1. The van der Waals surface area contributed by atoms with Gasteiger partial charge in [0.15, 0.2) is 10.8 Å². The van der Waals surface area contributed by atoms with Crippen molar-refractivity contribution in [2.45, 2.75) is 18.7 Å². The van der Waals surface area contributed by atoms with E-state index < -0.39 is 17.7 Å². The Balaban J connectivity index is 1.62. The van der Waals surface area contributed by atoms with Gasteiger partial charge in [0.2, 0.25) is 5.91 Å². The maximum absolute atomic E-state index is 13.7. The quantitative estimate of drug-likeness (QED) is 0.392. The van der Waals surface area contributed by atoms with E-state index >= 15 is 0 Å². The summed E-state index contributed by atoms with van der Waals surface area (Å²) in [6, 6.07) is 18.1. The number of hydrogen-bond acceptors (Lipinski definition) is 3. The highest BCUT2D eigenvalue weighted by atomic mass is 79.9. The average Bonchev–Trinajstić information content (AvgIpc) is 2.77. The maximum Gasteiger partial charge on any atom is 0.236 e. The van der Waals surface area contributed by atoms with E-state index in [0.29, 0.717) is 27.3 Å². The summed E-state index contributed by atoms with van der Waals surface area (Å²) in [6.45, 7) is 1.83. The lowest BCUT2D eigenvalue weighted by molar-refractivity contribution is -0.130. The predicted octanol–water partition coefficient (Wildman–Crippen LogP) is 6.04. The van der Waals surface area contributed by atoms with Gasteiger partial charge >= 0.3 is 0 Å². The maximum atomic E-state index is 13.7. The van der Waals surface area contributed by atoms with Crippen molar-refractivity contribution >= 4 is 62.1 Å². The zero-order valence-corrected chi connectivity index (χ0v) is 20.5. The molecule has 0 unspecified atom stereocenters. The fourth-order valence-corrected chi connectivity index (χ4v) is 5.41. The zero-order valence-electron chi connectivity index (χ0n) is 17.3.